The Hall–Kier alpha value is -2.69. The van der Waals surface area contributed by atoms with Crippen LogP contribution in [0.2, 0.25) is 0 Å². The summed E-state index contributed by atoms with van der Waals surface area (Å²) in [6.07, 6.45) is 4.98. The molecule has 122 valence electrons. The minimum Gasteiger partial charge on any atom is -0.339 e. The van der Waals surface area contributed by atoms with Gasteiger partial charge in [-0.25, -0.2) is 0 Å². The molecule has 5 heteroatoms. The van der Waals surface area contributed by atoms with Crippen molar-refractivity contribution in [2.75, 3.05) is 18.4 Å². The molecule has 0 spiro atoms. The molecule has 0 saturated carbocycles. The third-order valence-corrected chi connectivity index (χ3v) is 5.06. The molecule has 1 fully saturated rings. The summed E-state index contributed by atoms with van der Waals surface area (Å²) in [6.45, 7) is 1.38. The minimum absolute atomic E-state index is 0.0483. The predicted octanol–water partition coefficient (Wildman–Crippen LogP) is 2.67. The number of carbonyl (C=O) groups excluding carboxylic acids is 2. The van der Waals surface area contributed by atoms with Crippen molar-refractivity contribution in [1.82, 2.24) is 9.88 Å². The topological polar surface area (TPSA) is 62.3 Å². The van der Waals surface area contributed by atoms with Gasteiger partial charge < -0.3 is 10.2 Å². The summed E-state index contributed by atoms with van der Waals surface area (Å²) in [5.41, 5.74) is 2.71. The van der Waals surface area contributed by atoms with E-state index in [-0.39, 0.29) is 23.7 Å². The largest absolute Gasteiger partial charge is 0.339 e. The fourth-order valence-electron chi connectivity index (χ4n) is 3.81. The van der Waals surface area contributed by atoms with Gasteiger partial charge >= 0.3 is 0 Å². The molecule has 5 nitrogen and oxygen atoms in total. The van der Waals surface area contributed by atoms with Crippen LogP contribution < -0.4 is 5.32 Å². The highest BCUT2D eigenvalue weighted by Gasteiger charge is 2.38. The molecule has 1 atom stereocenters. The van der Waals surface area contributed by atoms with Crippen LogP contribution in [0, 0.1) is 5.92 Å². The molecule has 1 N–H and O–H groups in total. The number of fused-ring (bicyclic) bond motifs is 1. The van der Waals surface area contributed by atoms with Crippen LogP contribution in [0.25, 0.3) is 0 Å². The number of hydrogen-bond donors (Lipinski definition) is 1. The predicted molar refractivity (Wildman–Crippen MR) is 90.7 cm³/mol. The fourth-order valence-corrected chi connectivity index (χ4v) is 3.81. The number of piperidine rings is 1. The van der Waals surface area contributed by atoms with Crippen molar-refractivity contribution in [3.05, 3.63) is 59.9 Å². The molecule has 1 saturated heterocycles. The third-order valence-electron chi connectivity index (χ3n) is 5.06. The van der Waals surface area contributed by atoms with E-state index in [0.29, 0.717) is 18.7 Å². The van der Waals surface area contributed by atoms with E-state index in [2.05, 4.69) is 10.3 Å². The van der Waals surface area contributed by atoms with Gasteiger partial charge in [-0.05, 0) is 42.5 Å². The van der Waals surface area contributed by atoms with E-state index >= 15 is 0 Å². The lowest BCUT2D eigenvalue weighted by atomic mass is 9.80. The van der Waals surface area contributed by atoms with Gasteiger partial charge in [0.2, 0.25) is 5.91 Å². The lowest BCUT2D eigenvalue weighted by molar-refractivity contribution is -0.118. The Balaban J connectivity index is 1.45. The second-order valence-electron chi connectivity index (χ2n) is 6.42. The molecular weight excluding hydrogens is 302 g/mol. The normalized spacial score (nSPS) is 20.6. The first-order valence-corrected chi connectivity index (χ1v) is 8.33. The fraction of sp³-hybridized carbons (Fsp3) is 0.316. The third kappa shape index (κ3) is 2.56. The van der Waals surface area contributed by atoms with Crippen LogP contribution in [-0.2, 0) is 4.79 Å². The van der Waals surface area contributed by atoms with Crippen molar-refractivity contribution >= 4 is 17.5 Å². The monoisotopic (exact) mass is 321 g/mol. The van der Waals surface area contributed by atoms with Gasteiger partial charge in [-0.3, -0.25) is 14.6 Å². The molecule has 1 aromatic heterocycles. The number of hydrogen-bond acceptors (Lipinski definition) is 3. The van der Waals surface area contributed by atoms with Gasteiger partial charge in [0.05, 0.1) is 5.92 Å². The van der Waals surface area contributed by atoms with Gasteiger partial charge in [0.1, 0.15) is 0 Å². The van der Waals surface area contributed by atoms with Crippen LogP contribution in [0.3, 0.4) is 0 Å². The molecule has 0 aliphatic carbocycles. The van der Waals surface area contributed by atoms with E-state index < -0.39 is 0 Å². The van der Waals surface area contributed by atoms with Gasteiger partial charge in [-0.15, -0.1) is 0 Å². The number of nitrogens with one attached hydrogen (secondary N) is 1. The van der Waals surface area contributed by atoms with Crippen LogP contribution >= 0.6 is 0 Å². The summed E-state index contributed by atoms with van der Waals surface area (Å²) in [4.78, 5) is 30.7. The average Bonchev–Trinajstić information content (AvgIpc) is 2.98. The van der Waals surface area contributed by atoms with Crippen molar-refractivity contribution in [3.63, 3.8) is 0 Å². The maximum Gasteiger partial charge on any atom is 0.253 e. The van der Waals surface area contributed by atoms with Crippen LogP contribution in [0.5, 0.6) is 0 Å². The lowest BCUT2D eigenvalue weighted by Gasteiger charge is -2.34. The van der Waals surface area contributed by atoms with Crippen molar-refractivity contribution in [1.29, 1.82) is 0 Å². The summed E-state index contributed by atoms with van der Waals surface area (Å²) >= 11 is 0. The van der Waals surface area contributed by atoms with Crippen molar-refractivity contribution in [2.24, 2.45) is 5.92 Å². The van der Waals surface area contributed by atoms with E-state index in [4.69, 9.17) is 0 Å². The zero-order chi connectivity index (χ0) is 16.5. The maximum atomic E-state index is 12.5. The smallest absolute Gasteiger partial charge is 0.253 e. The molecule has 2 aliphatic heterocycles. The number of para-hydroxylation sites is 1. The molecule has 3 heterocycles. The Morgan fingerprint density at radius 3 is 2.54 bits per heavy atom. The van der Waals surface area contributed by atoms with Gasteiger partial charge in [-0.2, -0.15) is 0 Å². The van der Waals surface area contributed by atoms with Gasteiger partial charge in [0, 0.05) is 36.7 Å². The SMILES string of the molecule is O=C1Nc2ccccc2C1C1CCN(C(=O)c2ccncc2)CC1. The van der Waals surface area contributed by atoms with E-state index in [9.17, 15) is 9.59 Å². The number of likely N-dealkylation sites (tertiary alicyclic amines) is 1. The van der Waals surface area contributed by atoms with Crippen molar-refractivity contribution in [2.45, 2.75) is 18.8 Å². The Morgan fingerprint density at radius 1 is 1.08 bits per heavy atom. The van der Waals surface area contributed by atoms with E-state index in [1.165, 1.54) is 0 Å². The van der Waals surface area contributed by atoms with E-state index in [0.717, 1.165) is 24.1 Å². The average molecular weight is 321 g/mol. The van der Waals surface area contributed by atoms with Gasteiger partial charge in [0.25, 0.3) is 5.91 Å². The standard InChI is InChI=1S/C19H19N3O2/c23-18-17(15-3-1-2-4-16(15)21-18)13-7-11-22(12-8-13)19(24)14-5-9-20-10-6-14/h1-6,9-10,13,17H,7-8,11-12H2,(H,21,23). The first kappa shape index (κ1) is 14.9. The molecule has 1 aromatic carbocycles. The zero-order valence-corrected chi connectivity index (χ0v) is 13.3. The molecule has 0 bridgehead atoms. The Kier molecular flexibility index (Phi) is 3.76. The summed E-state index contributed by atoms with van der Waals surface area (Å²) < 4.78 is 0. The lowest BCUT2D eigenvalue weighted by Crippen LogP contribution is -2.40. The summed E-state index contributed by atoms with van der Waals surface area (Å²) in [5.74, 6) is 0.344. The van der Waals surface area contributed by atoms with Crippen molar-refractivity contribution < 1.29 is 9.59 Å². The Morgan fingerprint density at radius 2 is 1.79 bits per heavy atom. The zero-order valence-electron chi connectivity index (χ0n) is 13.3. The number of amides is 2. The molecule has 2 amide bonds. The molecule has 1 unspecified atom stereocenters. The quantitative estimate of drug-likeness (QED) is 0.925. The molecule has 2 aliphatic rings. The van der Waals surface area contributed by atoms with Crippen LogP contribution in [0.15, 0.2) is 48.8 Å². The number of anilines is 1. The highest BCUT2D eigenvalue weighted by atomic mass is 16.2. The second kappa shape index (κ2) is 6.07. The van der Waals surface area contributed by atoms with Crippen molar-refractivity contribution in [3.8, 4) is 0 Å². The summed E-state index contributed by atoms with van der Waals surface area (Å²) in [5, 5.41) is 2.98. The Labute approximate surface area is 140 Å². The Bertz CT molecular complexity index is 767. The number of rotatable bonds is 2. The highest BCUT2D eigenvalue weighted by Crippen LogP contribution is 2.41. The number of benzene rings is 1. The van der Waals surface area contributed by atoms with Gasteiger partial charge in [0.15, 0.2) is 0 Å². The summed E-state index contributed by atoms with van der Waals surface area (Å²) in [7, 11) is 0. The summed E-state index contributed by atoms with van der Waals surface area (Å²) in [6, 6.07) is 11.4. The van der Waals surface area contributed by atoms with Crippen LogP contribution in [-0.4, -0.2) is 34.8 Å². The van der Waals surface area contributed by atoms with Crippen LogP contribution in [0.4, 0.5) is 5.69 Å². The maximum absolute atomic E-state index is 12.5. The molecule has 0 radical (unpaired) electrons. The minimum atomic E-state index is -0.0839. The molecular formula is C19H19N3O2. The molecule has 24 heavy (non-hydrogen) atoms. The first-order chi connectivity index (χ1) is 11.7. The molecule has 4 rings (SSSR count). The highest BCUT2D eigenvalue weighted by molar-refractivity contribution is 6.03. The van der Waals surface area contributed by atoms with Gasteiger partial charge in [-0.1, -0.05) is 18.2 Å². The molecule has 2 aromatic rings. The number of carbonyl (C=O) groups is 2. The number of pyridine rings is 1. The van der Waals surface area contributed by atoms with E-state index in [1.54, 1.807) is 24.5 Å². The van der Waals surface area contributed by atoms with E-state index in [1.807, 2.05) is 29.2 Å². The first-order valence-electron chi connectivity index (χ1n) is 8.33. The number of nitrogens with zero attached hydrogens (tertiary/aromatic N) is 2. The second-order valence-corrected chi connectivity index (χ2v) is 6.42. The van der Waals surface area contributed by atoms with Crippen LogP contribution in [0.1, 0.15) is 34.7 Å². The number of aromatic nitrogens is 1.